The van der Waals surface area contributed by atoms with Crippen molar-refractivity contribution in [1.82, 2.24) is 0 Å². The summed E-state index contributed by atoms with van der Waals surface area (Å²) in [7, 11) is -2.71. The first-order valence-corrected chi connectivity index (χ1v) is 17.3. The van der Waals surface area contributed by atoms with Crippen molar-refractivity contribution in [3.8, 4) is 11.5 Å². The first kappa shape index (κ1) is 42.5. The van der Waals surface area contributed by atoms with Crippen molar-refractivity contribution in [3.63, 3.8) is 0 Å². The molecule has 0 saturated heterocycles. The molecule has 0 heterocycles. The Morgan fingerprint density at radius 1 is 0.574 bits per heavy atom. The molecule has 0 saturated carbocycles. The van der Waals surface area contributed by atoms with E-state index in [1.54, 1.807) is 42.8 Å². The van der Waals surface area contributed by atoms with Crippen LogP contribution in [-0.4, -0.2) is 42.9 Å². The van der Waals surface area contributed by atoms with Crippen molar-refractivity contribution in [2.24, 2.45) is 9.98 Å². The van der Waals surface area contributed by atoms with Crippen LogP contribution in [0, 0.1) is 0 Å². The van der Waals surface area contributed by atoms with Crippen LogP contribution >= 0.6 is 8.38 Å². The molecule has 0 aliphatic carbocycles. The number of rotatable bonds is 7. The third-order valence-electron chi connectivity index (χ3n) is 7.63. The Hall–Kier alpha value is -2.52. The Balaban J connectivity index is 0.000000949. The first-order chi connectivity index (χ1) is 21.0. The van der Waals surface area contributed by atoms with Crippen LogP contribution in [-0.2, 0) is 21.7 Å². The molecule has 6 nitrogen and oxygen atoms in total. The quantitative estimate of drug-likeness (QED) is 0.140. The molecule has 3 aromatic carbocycles. The SMILES string of the molecule is CC(C)(C)c1cc(C=NCCCN=Cc2cc(C(C)(C)C)cc(C(C)(C)C)c2[O-])c([O-])c(C(C)(C)C)c1.[Al+3].[O-][PH+]([O-])c1ccccc1. The van der Waals surface area contributed by atoms with E-state index in [2.05, 4.69) is 105 Å². The molecule has 252 valence electrons. The van der Waals surface area contributed by atoms with Crippen molar-refractivity contribution in [1.29, 1.82) is 0 Å². The zero-order chi connectivity index (χ0) is 35.1. The average molecular weight is 673 g/mol. The molecular formula is C39H54AlN2O4P. The van der Waals surface area contributed by atoms with Crippen molar-refractivity contribution in [2.45, 2.75) is 111 Å². The minimum absolute atomic E-state index is 0. The molecule has 0 spiro atoms. The minimum atomic E-state index is -2.71. The monoisotopic (exact) mass is 672 g/mol. The Kier molecular flexibility index (Phi) is 15.6. The topological polar surface area (TPSA) is 117 Å². The van der Waals surface area contributed by atoms with Gasteiger partial charge >= 0.3 is 17.4 Å². The molecule has 0 fully saturated rings. The fourth-order valence-electron chi connectivity index (χ4n) is 4.63. The Morgan fingerprint density at radius 2 is 0.936 bits per heavy atom. The van der Waals surface area contributed by atoms with Crippen LogP contribution in [0.2, 0.25) is 0 Å². The van der Waals surface area contributed by atoms with Gasteiger partial charge in [0.2, 0.25) is 0 Å². The summed E-state index contributed by atoms with van der Waals surface area (Å²) >= 11 is 0. The largest absolute Gasteiger partial charge is 3.00 e. The Bertz CT molecular complexity index is 1400. The molecule has 0 N–H and O–H groups in total. The van der Waals surface area contributed by atoms with Crippen molar-refractivity contribution < 1.29 is 20.0 Å². The molecule has 0 bridgehead atoms. The summed E-state index contributed by atoms with van der Waals surface area (Å²) in [5, 5.41) is 26.6. The van der Waals surface area contributed by atoms with E-state index in [0.29, 0.717) is 29.5 Å². The summed E-state index contributed by atoms with van der Waals surface area (Å²) in [6.45, 7) is 26.5. The predicted molar refractivity (Wildman–Crippen MR) is 196 cm³/mol. The van der Waals surface area contributed by atoms with Gasteiger partial charge < -0.3 is 20.0 Å². The summed E-state index contributed by atoms with van der Waals surface area (Å²) in [5.74, 6) is 0.109. The molecule has 3 aromatic rings. The van der Waals surface area contributed by atoms with Crippen molar-refractivity contribution in [2.75, 3.05) is 13.1 Å². The van der Waals surface area contributed by atoms with Gasteiger partial charge in [0, 0.05) is 25.5 Å². The molecule has 0 aliphatic heterocycles. The van der Waals surface area contributed by atoms with Gasteiger partial charge in [0.05, 0.1) is 5.30 Å². The van der Waals surface area contributed by atoms with Gasteiger partial charge in [-0.1, -0.05) is 145 Å². The Morgan fingerprint density at radius 3 is 1.21 bits per heavy atom. The average Bonchev–Trinajstić information content (AvgIpc) is 2.92. The number of hydrogen-bond donors (Lipinski definition) is 0. The van der Waals surface area contributed by atoms with Crippen LogP contribution in [0.25, 0.3) is 0 Å². The van der Waals surface area contributed by atoms with Crippen LogP contribution in [0.4, 0.5) is 0 Å². The molecular weight excluding hydrogens is 618 g/mol. The smallest absolute Gasteiger partial charge is 0.872 e. The molecule has 8 heteroatoms. The number of nitrogens with zero attached hydrogens (tertiary/aromatic N) is 2. The van der Waals surface area contributed by atoms with Gasteiger partial charge in [-0.3, -0.25) is 9.98 Å². The summed E-state index contributed by atoms with van der Waals surface area (Å²) in [6, 6.07) is 16.4. The predicted octanol–water partition coefficient (Wildman–Crippen LogP) is 5.65. The van der Waals surface area contributed by atoms with Crippen LogP contribution in [0.15, 0.2) is 64.6 Å². The molecule has 0 radical (unpaired) electrons. The number of benzene rings is 3. The van der Waals surface area contributed by atoms with Crippen LogP contribution < -0.4 is 25.3 Å². The fourth-order valence-corrected chi connectivity index (χ4v) is 5.09. The standard InChI is InChI=1S/C33H50N2O2.C6H6O2P.Al/c1-30(2,3)24-16-22(28(36)26(18-24)32(7,8)9)20-34-14-13-15-35-21-23-17-25(31(4,5)6)19-27(29(23)37)33(10,11)12;7-9(8)6-4-2-1-3-5-6;/h16-21,36-37H,13-15H2,1-12H3;1-5,9H;/q;-1;+3/p-2. The maximum Gasteiger partial charge on any atom is 3.00 e. The third kappa shape index (κ3) is 13.1. The minimum Gasteiger partial charge on any atom is -0.872 e. The van der Waals surface area contributed by atoms with Gasteiger partial charge in [0.1, 0.15) is 0 Å². The number of aliphatic imine (C=N–C) groups is 2. The Labute approximate surface area is 296 Å². The van der Waals surface area contributed by atoms with Crippen molar-refractivity contribution in [3.05, 3.63) is 88.0 Å². The van der Waals surface area contributed by atoms with E-state index in [1.807, 2.05) is 12.1 Å². The van der Waals surface area contributed by atoms with Crippen LogP contribution in [0.5, 0.6) is 11.5 Å². The maximum atomic E-state index is 13.1. The first-order valence-electron chi connectivity index (χ1n) is 16.0. The van der Waals surface area contributed by atoms with E-state index in [4.69, 9.17) is 0 Å². The molecule has 0 amide bonds. The zero-order valence-electron chi connectivity index (χ0n) is 30.6. The second-order valence-electron chi connectivity index (χ2n) is 16.0. The van der Waals surface area contributed by atoms with E-state index < -0.39 is 8.38 Å². The molecule has 0 aliphatic rings. The molecule has 3 rings (SSSR count). The summed E-state index contributed by atoms with van der Waals surface area (Å²) < 4.78 is 0. The van der Waals surface area contributed by atoms with E-state index in [1.165, 1.54) is 0 Å². The van der Waals surface area contributed by atoms with Crippen LogP contribution in [0.1, 0.15) is 123 Å². The van der Waals surface area contributed by atoms with Gasteiger partial charge in [-0.05, 0) is 73.6 Å². The number of hydrogen-bond acceptors (Lipinski definition) is 6. The maximum absolute atomic E-state index is 13.1. The molecule has 0 aromatic heterocycles. The van der Waals surface area contributed by atoms with Crippen molar-refractivity contribution >= 4 is 43.5 Å². The second kappa shape index (κ2) is 17.2. The summed E-state index contributed by atoms with van der Waals surface area (Å²) in [5.41, 5.74) is 4.66. The zero-order valence-corrected chi connectivity index (χ0v) is 32.7. The van der Waals surface area contributed by atoms with E-state index in [-0.39, 0.29) is 50.5 Å². The van der Waals surface area contributed by atoms with Gasteiger partial charge in [-0.15, -0.1) is 0 Å². The van der Waals surface area contributed by atoms with Gasteiger partial charge in [0.15, 0.2) is 0 Å². The third-order valence-corrected chi connectivity index (χ3v) is 8.43. The van der Waals surface area contributed by atoms with Gasteiger partial charge in [0.25, 0.3) is 0 Å². The normalized spacial score (nSPS) is 12.7. The van der Waals surface area contributed by atoms with E-state index in [0.717, 1.165) is 28.7 Å². The van der Waals surface area contributed by atoms with Gasteiger partial charge in [-0.2, -0.15) is 0 Å². The van der Waals surface area contributed by atoms with Crippen LogP contribution in [0.3, 0.4) is 0 Å². The van der Waals surface area contributed by atoms with E-state index in [9.17, 15) is 20.0 Å². The summed E-state index contributed by atoms with van der Waals surface area (Å²) in [4.78, 5) is 29.6. The van der Waals surface area contributed by atoms with E-state index >= 15 is 0 Å². The molecule has 0 atom stereocenters. The fraction of sp³-hybridized carbons (Fsp3) is 0.487. The van der Waals surface area contributed by atoms with Gasteiger partial charge in [-0.25, -0.2) is 0 Å². The molecule has 0 unspecified atom stereocenters. The second-order valence-corrected chi connectivity index (χ2v) is 17.1. The molecule has 47 heavy (non-hydrogen) atoms. The summed E-state index contributed by atoms with van der Waals surface area (Å²) in [6.07, 6.45) is 4.18.